The van der Waals surface area contributed by atoms with Crippen LogP contribution in [0.3, 0.4) is 0 Å². The molecule has 10 nitrogen and oxygen atoms in total. The van der Waals surface area contributed by atoms with E-state index >= 15 is 0 Å². The fraction of sp³-hybridized carbons (Fsp3) is 0.394. The number of nitrogens with zero attached hydrogens (tertiary/aromatic N) is 1. The first kappa shape index (κ1) is 31.3. The van der Waals surface area contributed by atoms with Crippen molar-refractivity contribution >= 4 is 17.5 Å². The molecule has 228 valence electrons. The zero-order valence-corrected chi connectivity index (χ0v) is 25.6. The Hall–Kier alpha value is -4.60. The van der Waals surface area contributed by atoms with Crippen molar-refractivity contribution in [3.05, 3.63) is 75.7 Å². The van der Waals surface area contributed by atoms with Crippen molar-refractivity contribution in [1.29, 1.82) is 0 Å². The number of benzene rings is 1. The molecule has 1 aliphatic rings. The number of carbonyl (C=O) groups excluding carboxylic acids is 2. The van der Waals surface area contributed by atoms with Gasteiger partial charge in [0, 0.05) is 31.4 Å². The second kappa shape index (κ2) is 14.0. The molecule has 0 saturated carbocycles. The standard InChI is InChI=1S/C33H40N4O6/c1-7-19(2)30(33(40)35-18-21-12-14-34-15-13-21)37-26-11-9-23-24(17-27(26)39)25(36-20(3)38)10-8-22-16-28(41-4)31(42-5)32(43-6)29(22)23/h9,11-17,19,25,30H,7-8,10,18H2,1-6H3,(H,35,40)(H,36,38)(H,37,39)/t19-,25+,30+/m1/s1. The van der Waals surface area contributed by atoms with Gasteiger partial charge in [-0.25, -0.2) is 0 Å². The molecule has 0 fully saturated rings. The van der Waals surface area contributed by atoms with Gasteiger partial charge in [-0.3, -0.25) is 19.4 Å². The van der Waals surface area contributed by atoms with Crippen LogP contribution in [0, 0.1) is 5.92 Å². The average Bonchev–Trinajstić information content (AvgIpc) is 3.25. The minimum Gasteiger partial charge on any atom is -0.493 e. The van der Waals surface area contributed by atoms with Crippen molar-refractivity contribution in [2.75, 3.05) is 26.6 Å². The number of aryl methyl sites for hydroxylation is 1. The Labute approximate surface area is 252 Å². The lowest BCUT2D eigenvalue weighted by Crippen LogP contribution is -2.44. The number of aromatic nitrogens is 1. The molecule has 1 aromatic heterocycles. The summed E-state index contributed by atoms with van der Waals surface area (Å²) in [5, 5.41) is 9.24. The molecule has 2 aromatic carbocycles. The van der Waals surface area contributed by atoms with Gasteiger partial charge in [0.15, 0.2) is 11.5 Å². The summed E-state index contributed by atoms with van der Waals surface area (Å²) in [5.74, 6) is 0.955. The van der Waals surface area contributed by atoms with Gasteiger partial charge in [0.1, 0.15) is 6.04 Å². The quantitative estimate of drug-likeness (QED) is 0.301. The number of ether oxygens (including phenoxy) is 3. The van der Waals surface area contributed by atoms with Gasteiger partial charge < -0.3 is 30.2 Å². The molecular formula is C33H40N4O6. The topological polar surface area (TPSA) is 128 Å². The lowest BCUT2D eigenvalue weighted by molar-refractivity contribution is -0.123. The van der Waals surface area contributed by atoms with E-state index in [0.717, 1.165) is 28.7 Å². The Bertz CT molecular complexity index is 1530. The zero-order chi connectivity index (χ0) is 31.1. The SMILES string of the molecule is CC[C@@H](C)[C@H](Nc1ccc2c(cc1=O)[C@@H](NC(C)=O)CCc1cc(OC)c(OC)c(OC)c1-2)C(=O)NCc1ccncc1. The Balaban J connectivity index is 1.82. The van der Waals surface area contributed by atoms with E-state index in [9.17, 15) is 14.4 Å². The third kappa shape index (κ3) is 6.90. The summed E-state index contributed by atoms with van der Waals surface area (Å²) in [6.45, 7) is 5.78. The molecule has 3 atom stereocenters. The number of methoxy groups -OCH3 is 3. The van der Waals surface area contributed by atoms with E-state index in [1.54, 1.807) is 45.9 Å². The van der Waals surface area contributed by atoms with Crippen LogP contribution in [0.4, 0.5) is 5.69 Å². The minimum absolute atomic E-state index is 0.0650. The number of nitrogens with one attached hydrogen (secondary N) is 3. The maximum absolute atomic E-state index is 13.8. The fourth-order valence-corrected chi connectivity index (χ4v) is 5.50. The number of pyridine rings is 1. The lowest BCUT2D eigenvalue weighted by atomic mass is 9.95. The van der Waals surface area contributed by atoms with E-state index in [2.05, 4.69) is 20.9 Å². The van der Waals surface area contributed by atoms with Crippen molar-refractivity contribution in [1.82, 2.24) is 15.6 Å². The van der Waals surface area contributed by atoms with Crippen LogP contribution in [0.1, 0.15) is 56.3 Å². The monoisotopic (exact) mass is 588 g/mol. The van der Waals surface area contributed by atoms with Crippen molar-refractivity contribution < 1.29 is 23.8 Å². The second-order valence-corrected chi connectivity index (χ2v) is 10.7. The molecule has 3 N–H and O–H groups in total. The largest absolute Gasteiger partial charge is 0.493 e. The van der Waals surface area contributed by atoms with Gasteiger partial charge in [-0.15, -0.1) is 0 Å². The summed E-state index contributed by atoms with van der Waals surface area (Å²) < 4.78 is 17.1. The molecule has 3 aromatic rings. The molecule has 1 aliphatic carbocycles. The van der Waals surface area contributed by atoms with Crippen LogP contribution in [-0.4, -0.2) is 44.2 Å². The maximum Gasteiger partial charge on any atom is 0.243 e. The highest BCUT2D eigenvalue weighted by Crippen LogP contribution is 2.50. The third-order valence-corrected chi connectivity index (χ3v) is 7.94. The van der Waals surface area contributed by atoms with Gasteiger partial charge in [0.2, 0.25) is 23.0 Å². The van der Waals surface area contributed by atoms with E-state index in [4.69, 9.17) is 14.2 Å². The van der Waals surface area contributed by atoms with Crippen LogP contribution in [0.5, 0.6) is 17.2 Å². The van der Waals surface area contributed by atoms with Gasteiger partial charge in [0.25, 0.3) is 0 Å². The summed E-state index contributed by atoms with van der Waals surface area (Å²) in [5.41, 5.74) is 3.98. The smallest absolute Gasteiger partial charge is 0.243 e. The van der Waals surface area contributed by atoms with Crippen molar-refractivity contribution in [3.8, 4) is 28.4 Å². The highest BCUT2D eigenvalue weighted by Gasteiger charge is 2.30. The van der Waals surface area contributed by atoms with Crippen LogP contribution in [-0.2, 0) is 22.6 Å². The van der Waals surface area contributed by atoms with Gasteiger partial charge in [-0.1, -0.05) is 26.3 Å². The molecule has 0 saturated heterocycles. The number of rotatable bonds is 11. The average molecular weight is 589 g/mol. The van der Waals surface area contributed by atoms with E-state index in [1.807, 2.05) is 38.1 Å². The van der Waals surface area contributed by atoms with Crippen molar-refractivity contribution in [2.24, 2.45) is 5.92 Å². The number of fused-ring (bicyclic) bond motifs is 3. The normalized spacial score (nSPS) is 15.1. The van der Waals surface area contributed by atoms with E-state index in [1.165, 1.54) is 6.92 Å². The molecule has 0 aliphatic heterocycles. The molecule has 0 bridgehead atoms. The summed E-state index contributed by atoms with van der Waals surface area (Å²) in [6, 6.07) is 9.60. The molecular weight excluding hydrogens is 548 g/mol. The van der Waals surface area contributed by atoms with Crippen molar-refractivity contribution in [2.45, 2.75) is 58.7 Å². The zero-order valence-electron chi connectivity index (χ0n) is 25.6. The molecule has 1 heterocycles. The summed E-state index contributed by atoms with van der Waals surface area (Å²) >= 11 is 0. The first-order valence-electron chi connectivity index (χ1n) is 14.4. The highest BCUT2D eigenvalue weighted by molar-refractivity contribution is 5.86. The van der Waals surface area contributed by atoms with Crippen LogP contribution < -0.4 is 35.6 Å². The van der Waals surface area contributed by atoms with Gasteiger partial charge >= 0.3 is 0 Å². The number of amides is 2. The molecule has 10 heteroatoms. The van der Waals surface area contributed by atoms with Crippen LogP contribution in [0.15, 0.2) is 53.6 Å². The molecule has 0 unspecified atom stereocenters. The Morgan fingerprint density at radius 2 is 1.74 bits per heavy atom. The minimum atomic E-state index is -0.654. The van der Waals surface area contributed by atoms with Gasteiger partial charge in [-0.2, -0.15) is 0 Å². The van der Waals surface area contributed by atoms with Crippen molar-refractivity contribution in [3.63, 3.8) is 0 Å². The van der Waals surface area contributed by atoms with Crippen LogP contribution in [0.25, 0.3) is 11.1 Å². The Morgan fingerprint density at radius 1 is 1.02 bits per heavy atom. The molecule has 4 rings (SSSR count). The lowest BCUT2D eigenvalue weighted by Gasteiger charge is -2.24. The summed E-state index contributed by atoms with van der Waals surface area (Å²) in [4.78, 5) is 43.4. The van der Waals surface area contributed by atoms with Gasteiger partial charge in [-0.05, 0) is 71.3 Å². The number of hydrogen-bond donors (Lipinski definition) is 3. The predicted molar refractivity (Wildman–Crippen MR) is 166 cm³/mol. The molecule has 2 amide bonds. The van der Waals surface area contributed by atoms with Crippen LogP contribution in [0.2, 0.25) is 0 Å². The molecule has 0 spiro atoms. The Kier molecular flexibility index (Phi) is 10.2. The number of hydrogen-bond acceptors (Lipinski definition) is 8. The molecule has 0 radical (unpaired) electrons. The highest BCUT2D eigenvalue weighted by atomic mass is 16.5. The van der Waals surface area contributed by atoms with E-state index in [0.29, 0.717) is 42.2 Å². The summed E-state index contributed by atoms with van der Waals surface area (Å²) in [6.07, 6.45) is 5.23. The summed E-state index contributed by atoms with van der Waals surface area (Å²) in [7, 11) is 4.67. The maximum atomic E-state index is 13.8. The third-order valence-electron chi connectivity index (χ3n) is 7.94. The first-order valence-corrected chi connectivity index (χ1v) is 14.4. The van der Waals surface area contributed by atoms with E-state index in [-0.39, 0.29) is 28.8 Å². The first-order chi connectivity index (χ1) is 20.7. The molecule has 43 heavy (non-hydrogen) atoms. The van der Waals surface area contributed by atoms with Gasteiger partial charge in [0.05, 0.1) is 33.1 Å². The Morgan fingerprint density at radius 3 is 2.37 bits per heavy atom. The fourth-order valence-electron chi connectivity index (χ4n) is 5.50. The van der Waals surface area contributed by atoms with E-state index < -0.39 is 12.1 Å². The number of carbonyl (C=O) groups is 2. The number of anilines is 1. The predicted octanol–water partition coefficient (Wildman–Crippen LogP) is 4.40. The second-order valence-electron chi connectivity index (χ2n) is 10.7. The van der Waals surface area contributed by atoms with Crippen LogP contribution >= 0.6 is 0 Å².